The van der Waals surface area contributed by atoms with E-state index in [0.29, 0.717) is 5.92 Å². The highest BCUT2D eigenvalue weighted by Crippen LogP contribution is 2.57. The minimum Gasteiger partial charge on any atom is -0.274 e. The SMILES string of the molecule is CC1CC12CN(Br)C(=O)c1ccccc12. The van der Waals surface area contributed by atoms with Gasteiger partial charge in [-0.1, -0.05) is 25.1 Å². The predicted octanol–water partition coefficient (Wildman–Crippen LogP) is 2.73. The lowest BCUT2D eigenvalue weighted by molar-refractivity contribution is 0.0851. The Morgan fingerprint density at radius 1 is 1.47 bits per heavy atom. The van der Waals surface area contributed by atoms with Gasteiger partial charge in [0.15, 0.2) is 0 Å². The second-order valence-electron chi connectivity index (χ2n) is 4.63. The number of hydrogen-bond donors (Lipinski definition) is 0. The van der Waals surface area contributed by atoms with Crippen molar-refractivity contribution in [2.45, 2.75) is 18.8 Å². The number of rotatable bonds is 0. The van der Waals surface area contributed by atoms with Crippen molar-refractivity contribution in [1.82, 2.24) is 3.93 Å². The number of amides is 1. The fourth-order valence-corrected chi connectivity index (χ4v) is 3.36. The topological polar surface area (TPSA) is 20.3 Å². The van der Waals surface area contributed by atoms with Crippen molar-refractivity contribution < 1.29 is 4.79 Å². The second kappa shape index (κ2) is 2.85. The molecule has 1 aromatic carbocycles. The average molecular weight is 266 g/mol. The molecule has 0 aromatic heterocycles. The van der Waals surface area contributed by atoms with Gasteiger partial charge < -0.3 is 0 Å². The van der Waals surface area contributed by atoms with Gasteiger partial charge in [-0.15, -0.1) is 0 Å². The first-order valence-corrected chi connectivity index (χ1v) is 5.93. The fourth-order valence-electron chi connectivity index (χ4n) is 2.72. The zero-order valence-electron chi connectivity index (χ0n) is 8.53. The van der Waals surface area contributed by atoms with Crippen LogP contribution in [0.2, 0.25) is 0 Å². The first-order valence-electron chi connectivity index (χ1n) is 5.22. The molecule has 0 N–H and O–H groups in total. The van der Waals surface area contributed by atoms with Gasteiger partial charge in [-0.2, -0.15) is 0 Å². The Bertz CT molecular complexity index is 445. The molecule has 1 aliphatic heterocycles. The summed E-state index contributed by atoms with van der Waals surface area (Å²) in [5, 5.41) is 0. The molecule has 0 bridgehead atoms. The van der Waals surface area contributed by atoms with Gasteiger partial charge >= 0.3 is 0 Å². The molecular weight excluding hydrogens is 254 g/mol. The third kappa shape index (κ3) is 1.13. The van der Waals surface area contributed by atoms with Gasteiger partial charge in [0.05, 0.1) is 16.1 Å². The van der Waals surface area contributed by atoms with E-state index in [2.05, 4.69) is 29.1 Å². The van der Waals surface area contributed by atoms with E-state index < -0.39 is 0 Å². The summed E-state index contributed by atoms with van der Waals surface area (Å²) in [4.78, 5) is 11.9. The van der Waals surface area contributed by atoms with Gasteiger partial charge in [-0.3, -0.25) is 8.72 Å². The molecular formula is C12H12BrNO. The van der Waals surface area contributed by atoms with Crippen molar-refractivity contribution in [3.63, 3.8) is 0 Å². The summed E-state index contributed by atoms with van der Waals surface area (Å²) in [5.41, 5.74) is 2.34. The van der Waals surface area contributed by atoms with E-state index in [4.69, 9.17) is 0 Å². The van der Waals surface area contributed by atoms with Crippen LogP contribution in [0.4, 0.5) is 0 Å². The predicted molar refractivity (Wildman–Crippen MR) is 61.9 cm³/mol. The summed E-state index contributed by atoms with van der Waals surface area (Å²) in [6, 6.07) is 8.00. The van der Waals surface area contributed by atoms with Crippen molar-refractivity contribution in [2.75, 3.05) is 6.54 Å². The van der Waals surface area contributed by atoms with Crippen LogP contribution >= 0.6 is 16.1 Å². The average Bonchev–Trinajstić information content (AvgIpc) is 2.87. The summed E-state index contributed by atoms with van der Waals surface area (Å²) in [7, 11) is 0. The van der Waals surface area contributed by atoms with Crippen LogP contribution in [0.5, 0.6) is 0 Å². The lowest BCUT2D eigenvalue weighted by Gasteiger charge is -2.31. The number of benzene rings is 1. The van der Waals surface area contributed by atoms with Gasteiger partial charge in [0.1, 0.15) is 0 Å². The van der Waals surface area contributed by atoms with Gasteiger partial charge in [0, 0.05) is 17.5 Å². The minimum absolute atomic E-state index is 0.0929. The van der Waals surface area contributed by atoms with Crippen LogP contribution in [0.25, 0.3) is 0 Å². The maximum absolute atomic E-state index is 11.9. The van der Waals surface area contributed by atoms with Gasteiger partial charge in [-0.25, -0.2) is 0 Å². The molecule has 2 atom stereocenters. The first-order chi connectivity index (χ1) is 7.15. The van der Waals surface area contributed by atoms with Crippen LogP contribution < -0.4 is 0 Å². The standard InChI is InChI=1S/C12H12BrNO/c1-8-6-12(8)7-14(13)11(15)9-4-2-3-5-10(9)12/h2-5,8H,6-7H2,1H3. The number of carbonyl (C=O) groups is 1. The Labute approximate surface area is 97.6 Å². The highest BCUT2D eigenvalue weighted by molar-refractivity contribution is 9.07. The monoisotopic (exact) mass is 265 g/mol. The summed E-state index contributed by atoms with van der Waals surface area (Å²) < 4.78 is 1.68. The largest absolute Gasteiger partial charge is 0.274 e. The molecule has 3 rings (SSSR count). The van der Waals surface area contributed by atoms with Crippen LogP contribution in [-0.2, 0) is 5.41 Å². The van der Waals surface area contributed by atoms with Crippen molar-refractivity contribution in [3.05, 3.63) is 35.4 Å². The van der Waals surface area contributed by atoms with Crippen molar-refractivity contribution in [2.24, 2.45) is 5.92 Å². The lowest BCUT2D eigenvalue weighted by atomic mass is 9.86. The fraction of sp³-hybridized carbons (Fsp3) is 0.417. The van der Waals surface area contributed by atoms with E-state index in [1.54, 1.807) is 3.93 Å². The molecule has 0 saturated heterocycles. The maximum Gasteiger partial charge on any atom is 0.264 e. The highest BCUT2D eigenvalue weighted by Gasteiger charge is 2.57. The van der Waals surface area contributed by atoms with Crippen LogP contribution in [0, 0.1) is 5.92 Å². The molecule has 1 amide bonds. The Morgan fingerprint density at radius 3 is 2.80 bits per heavy atom. The Morgan fingerprint density at radius 2 is 2.13 bits per heavy atom. The maximum atomic E-state index is 11.9. The van der Waals surface area contributed by atoms with E-state index in [9.17, 15) is 4.79 Å². The molecule has 1 spiro atoms. The van der Waals surface area contributed by atoms with Crippen molar-refractivity contribution >= 4 is 22.1 Å². The Hall–Kier alpha value is -0.830. The second-order valence-corrected chi connectivity index (χ2v) is 5.49. The van der Waals surface area contributed by atoms with E-state index in [0.717, 1.165) is 12.1 Å². The quantitative estimate of drug-likeness (QED) is 0.661. The van der Waals surface area contributed by atoms with E-state index in [1.807, 2.05) is 18.2 Å². The molecule has 1 aromatic rings. The highest BCUT2D eigenvalue weighted by atomic mass is 79.9. The zero-order chi connectivity index (χ0) is 10.6. The number of nitrogens with zero attached hydrogens (tertiary/aromatic N) is 1. The number of halogens is 1. The molecule has 2 aliphatic rings. The third-order valence-corrected chi connectivity index (χ3v) is 4.36. The summed E-state index contributed by atoms with van der Waals surface area (Å²) in [6.45, 7) is 3.07. The smallest absolute Gasteiger partial charge is 0.264 e. The van der Waals surface area contributed by atoms with Gasteiger partial charge in [0.25, 0.3) is 5.91 Å². The zero-order valence-corrected chi connectivity index (χ0v) is 10.1. The van der Waals surface area contributed by atoms with Crippen LogP contribution in [-0.4, -0.2) is 16.4 Å². The molecule has 2 nitrogen and oxygen atoms in total. The molecule has 1 aliphatic carbocycles. The van der Waals surface area contributed by atoms with Crippen LogP contribution in [0.3, 0.4) is 0 Å². The van der Waals surface area contributed by atoms with E-state index in [-0.39, 0.29) is 11.3 Å². The van der Waals surface area contributed by atoms with E-state index in [1.165, 1.54) is 12.0 Å². The molecule has 1 saturated carbocycles. The molecule has 2 unspecified atom stereocenters. The molecule has 78 valence electrons. The summed E-state index contributed by atoms with van der Waals surface area (Å²) in [6.07, 6.45) is 1.19. The Kier molecular flexibility index (Phi) is 1.78. The third-order valence-electron chi connectivity index (χ3n) is 3.79. The molecule has 0 radical (unpaired) electrons. The van der Waals surface area contributed by atoms with Crippen LogP contribution in [0.15, 0.2) is 24.3 Å². The Balaban J connectivity index is 2.19. The number of hydrogen-bond acceptors (Lipinski definition) is 1. The molecule has 15 heavy (non-hydrogen) atoms. The van der Waals surface area contributed by atoms with Gasteiger partial charge in [-0.05, 0) is 24.0 Å². The molecule has 1 fully saturated rings. The van der Waals surface area contributed by atoms with Crippen molar-refractivity contribution in [1.29, 1.82) is 0 Å². The summed E-state index contributed by atoms with van der Waals surface area (Å²) >= 11 is 3.35. The molecule has 1 heterocycles. The number of carbonyl (C=O) groups excluding carboxylic acids is 1. The van der Waals surface area contributed by atoms with Crippen LogP contribution in [0.1, 0.15) is 29.3 Å². The molecule has 3 heteroatoms. The van der Waals surface area contributed by atoms with Crippen molar-refractivity contribution in [3.8, 4) is 0 Å². The summed E-state index contributed by atoms with van der Waals surface area (Å²) in [5.74, 6) is 0.780. The van der Waals surface area contributed by atoms with Gasteiger partial charge in [0.2, 0.25) is 0 Å². The minimum atomic E-state index is 0.0929. The first kappa shape index (κ1) is 9.40. The van der Waals surface area contributed by atoms with E-state index >= 15 is 0 Å². The lowest BCUT2D eigenvalue weighted by Crippen LogP contribution is -2.38. The normalized spacial score (nSPS) is 33.1. The number of fused-ring (bicyclic) bond motifs is 2.